The maximum atomic E-state index is 5.90. The fourth-order valence-corrected chi connectivity index (χ4v) is 2.13. The molecule has 1 aromatic heterocycles. The van der Waals surface area contributed by atoms with Gasteiger partial charge in [0.1, 0.15) is 5.82 Å². The van der Waals surface area contributed by atoms with Crippen LogP contribution in [0.4, 0.5) is 5.82 Å². The highest BCUT2D eigenvalue weighted by Gasteiger charge is 2.13. The van der Waals surface area contributed by atoms with E-state index in [0.717, 1.165) is 15.9 Å². The molecule has 84 valence electrons. The average Bonchev–Trinajstić information content (AvgIpc) is 2.16. The molecule has 0 saturated carbocycles. The summed E-state index contributed by atoms with van der Waals surface area (Å²) >= 11 is 9.29. The van der Waals surface area contributed by atoms with E-state index < -0.39 is 0 Å². The second-order valence-corrected chi connectivity index (χ2v) is 5.19. The van der Waals surface area contributed by atoms with Crippen LogP contribution in [0.1, 0.15) is 19.4 Å². The standard InChI is InChI=1S/C11H16BrClN2/c1-7(2)10(5-13)15-11-8(3)4-9(12)6-14-11/h4,6-7,10H,5H2,1-3H3,(H,14,15). The largest absolute Gasteiger partial charge is 0.366 e. The number of pyridine rings is 1. The topological polar surface area (TPSA) is 24.9 Å². The summed E-state index contributed by atoms with van der Waals surface area (Å²) in [5.41, 5.74) is 1.13. The molecule has 4 heteroatoms. The van der Waals surface area contributed by atoms with Crippen molar-refractivity contribution in [2.75, 3.05) is 11.2 Å². The lowest BCUT2D eigenvalue weighted by Gasteiger charge is -2.21. The van der Waals surface area contributed by atoms with Crippen LogP contribution in [-0.4, -0.2) is 16.9 Å². The Morgan fingerprint density at radius 1 is 1.53 bits per heavy atom. The molecular formula is C11H16BrClN2. The first-order valence-electron chi connectivity index (χ1n) is 4.99. The van der Waals surface area contributed by atoms with Crippen LogP contribution in [0.3, 0.4) is 0 Å². The maximum Gasteiger partial charge on any atom is 0.129 e. The first kappa shape index (κ1) is 12.8. The minimum absolute atomic E-state index is 0.263. The van der Waals surface area contributed by atoms with Crippen molar-refractivity contribution < 1.29 is 0 Å². The first-order valence-corrected chi connectivity index (χ1v) is 6.32. The Bertz CT molecular complexity index is 328. The van der Waals surface area contributed by atoms with Gasteiger partial charge in [-0.05, 0) is 40.4 Å². The number of hydrogen-bond donors (Lipinski definition) is 1. The first-order chi connectivity index (χ1) is 7.04. The predicted molar refractivity (Wildman–Crippen MR) is 69.6 cm³/mol. The van der Waals surface area contributed by atoms with E-state index in [0.29, 0.717) is 11.8 Å². The molecule has 0 spiro atoms. The second-order valence-electron chi connectivity index (χ2n) is 3.97. The molecule has 1 atom stereocenters. The summed E-state index contributed by atoms with van der Waals surface area (Å²) < 4.78 is 0.998. The molecule has 1 N–H and O–H groups in total. The lowest BCUT2D eigenvalue weighted by Crippen LogP contribution is -2.28. The van der Waals surface area contributed by atoms with Gasteiger partial charge in [-0.2, -0.15) is 0 Å². The molecule has 0 aliphatic carbocycles. The fourth-order valence-electron chi connectivity index (χ4n) is 1.25. The molecule has 1 unspecified atom stereocenters. The van der Waals surface area contributed by atoms with Crippen LogP contribution in [0.5, 0.6) is 0 Å². The van der Waals surface area contributed by atoms with Gasteiger partial charge in [-0.3, -0.25) is 0 Å². The van der Waals surface area contributed by atoms with Gasteiger partial charge < -0.3 is 5.32 Å². The Labute approximate surface area is 105 Å². The quantitative estimate of drug-likeness (QED) is 0.853. The SMILES string of the molecule is Cc1cc(Br)cnc1NC(CCl)C(C)C. The van der Waals surface area contributed by atoms with Gasteiger partial charge >= 0.3 is 0 Å². The van der Waals surface area contributed by atoms with E-state index in [-0.39, 0.29) is 6.04 Å². The van der Waals surface area contributed by atoms with E-state index in [2.05, 4.69) is 40.1 Å². The van der Waals surface area contributed by atoms with E-state index in [1.54, 1.807) is 6.20 Å². The van der Waals surface area contributed by atoms with Crippen LogP contribution in [0.2, 0.25) is 0 Å². The van der Waals surface area contributed by atoms with Gasteiger partial charge in [-0.1, -0.05) is 13.8 Å². The van der Waals surface area contributed by atoms with Crippen LogP contribution in [-0.2, 0) is 0 Å². The Kier molecular flexibility index (Phi) is 4.87. The third-order valence-corrected chi connectivity index (χ3v) is 3.10. The molecular weight excluding hydrogens is 275 g/mol. The van der Waals surface area contributed by atoms with Gasteiger partial charge in [0.2, 0.25) is 0 Å². The summed E-state index contributed by atoms with van der Waals surface area (Å²) in [7, 11) is 0. The molecule has 0 saturated heterocycles. The molecule has 1 aromatic rings. The lowest BCUT2D eigenvalue weighted by molar-refractivity contribution is 0.562. The van der Waals surface area contributed by atoms with E-state index in [1.165, 1.54) is 0 Å². The molecule has 0 fully saturated rings. The monoisotopic (exact) mass is 290 g/mol. The highest BCUT2D eigenvalue weighted by atomic mass is 79.9. The molecule has 0 aliphatic heterocycles. The zero-order valence-corrected chi connectivity index (χ0v) is 11.6. The van der Waals surface area contributed by atoms with Crippen molar-refractivity contribution in [3.8, 4) is 0 Å². The predicted octanol–water partition coefficient (Wildman–Crippen LogP) is 3.83. The minimum atomic E-state index is 0.263. The summed E-state index contributed by atoms with van der Waals surface area (Å²) in [6.45, 7) is 6.33. The summed E-state index contributed by atoms with van der Waals surface area (Å²) in [6.07, 6.45) is 1.79. The maximum absolute atomic E-state index is 5.90. The zero-order valence-electron chi connectivity index (χ0n) is 9.22. The van der Waals surface area contributed by atoms with Crippen LogP contribution >= 0.6 is 27.5 Å². The number of anilines is 1. The molecule has 0 amide bonds. The molecule has 1 heterocycles. The van der Waals surface area contributed by atoms with Crippen molar-refractivity contribution in [1.29, 1.82) is 0 Å². The van der Waals surface area contributed by atoms with Crippen molar-refractivity contribution in [1.82, 2.24) is 4.98 Å². The molecule has 0 radical (unpaired) electrons. The van der Waals surface area contributed by atoms with Crippen molar-refractivity contribution in [3.05, 3.63) is 22.3 Å². The summed E-state index contributed by atoms with van der Waals surface area (Å²) in [5, 5.41) is 3.36. The van der Waals surface area contributed by atoms with Crippen LogP contribution in [0.15, 0.2) is 16.7 Å². The Morgan fingerprint density at radius 3 is 2.67 bits per heavy atom. The van der Waals surface area contributed by atoms with Gasteiger partial charge in [0, 0.05) is 22.6 Å². The molecule has 1 rings (SSSR count). The summed E-state index contributed by atoms with van der Waals surface area (Å²) in [5.74, 6) is 2.00. The third kappa shape index (κ3) is 3.65. The number of nitrogens with one attached hydrogen (secondary N) is 1. The number of hydrogen-bond acceptors (Lipinski definition) is 2. The van der Waals surface area contributed by atoms with Gasteiger partial charge in [0.05, 0.1) is 0 Å². The van der Waals surface area contributed by atoms with E-state index >= 15 is 0 Å². The van der Waals surface area contributed by atoms with Gasteiger partial charge in [0.15, 0.2) is 0 Å². The van der Waals surface area contributed by atoms with Crippen molar-refractivity contribution >= 4 is 33.3 Å². The second kappa shape index (κ2) is 5.71. The van der Waals surface area contributed by atoms with E-state index in [9.17, 15) is 0 Å². The zero-order chi connectivity index (χ0) is 11.4. The lowest BCUT2D eigenvalue weighted by atomic mass is 10.1. The number of aromatic nitrogens is 1. The molecule has 2 nitrogen and oxygen atoms in total. The van der Waals surface area contributed by atoms with Crippen LogP contribution in [0, 0.1) is 12.8 Å². The third-order valence-electron chi connectivity index (χ3n) is 2.34. The molecule has 0 bridgehead atoms. The molecule has 0 aliphatic rings. The van der Waals surface area contributed by atoms with E-state index in [1.807, 2.05) is 13.0 Å². The van der Waals surface area contributed by atoms with E-state index in [4.69, 9.17) is 11.6 Å². The smallest absolute Gasteiger partial charge is 0.129 e. The van der Waals surface area contributed by atoms with Crippen molar-refractivity contribution in [3.63, 3.8) is 0 Å². The Hall–Kier alpha value is -0.280. The number of halogens is 2. The molecule has 15 heavy (non-hydrogen) atoms. The number of aryl methyl sites for hydroxylation is 1. The van der Waals surface area contributed by atoms with Gasteiger partial charge in [0.25, 0.3) is 0 Å². The Balaban J connectivity index is 2.79. The highest BCUT2D eigenvalue weighted by Crippen LogP contribution is 2.19. The van der Waals surface area contributed by atoms with Gasteiger partial charge in [-0.25, -0.2) is 4.98 Å². The Morgan fingerprint density at radius 2 is 2.20 bits per heavy atom. The van der Waals surface area contributed by atoms with Crippen LogP contribution < -0.4 is 5.32 Å². The molecule has 0 aromatic carbocycles. The number of alkyl halides is 1. The summed E-state index contributed by atoms with van der Waals surface area (Å²) in [4.78, 5) is 4.33. The van der Waals surface area contributed by atoms with Gasteiger partial charge in [-0.15, -0.1) is 11.6 Å². The van der Waals surface area contributed by atoms with Crippen LogP contribution in [0.25, 0.3) is 0 Å². The van der Waals surface area contributed by atoms with Crippen molar-refractivity contribution in [2.24, 2.45) is 5.92 Å². The highest BCUT2D eigenvalue weighted by molar-refractivity contribution is 9.10. The normalized spacial score (nSPS) is 12.9. The number of nitrogens with zero attached hydrogens (tertiary/aromatic N) is 1. The van der Waals surface area contributed by atoms with Crippen molar-refractivity contribution in [2.45, 2.75) is 26.8 Å². The minimum Gasteiger partial charge on any atom is -0.366 e. The fraction of sp³-hybridized carbons (Fsp3) is 0.545. The average molecular weight is 292 g/mol. The summed E-state index contributed by atoms with van der Waals surface area (Å²) in [6, 6.07) is 2.31. The number of rotatable bonds is 4.